The lowest BCUT2D eigenvalue weighted by Crippen LogP contribution is -2.13. The van der Waals surface area contributed by atoms with E-state index in [0.717, 1.165) is 41.4 Å². The first-order valence-electron chi connectivity index (χ1n) is 6.52. The lowest BCUT2D eigenvalue weighted by atomic mass is 10.1. The van der Waals surface area contributed by atoms with Gasteiger partial charge in [-0.15, -0.1) is 0 Å². The van der Waals surface area contributed by atoms with Crippen LogP contribution in [0.1, 0.15) is 12.1 Å². The van der Waals surface area contributed by atoms with Gasteiger partial charge in [-0.2, -0.15) is 0 Å². The Morgan fingerprint density at radius 2 is 1.79 bits per heavy atom. The predicted molar refractivity (Wildman–Crippen MR) is 81.6 cm³/mol. The lowest BCUT2D eigenvalue weighted by molar-refractivity contribution is 0.399. The number of nitrogens with zero attached hydrogens (tertiary/aromatic N) is 2. The maximum absolute atomic E-state index is 5.90. The first kappa shape index (κ1) is 14.0. The standard InChI is InChI=1S/C16H19ClN2/c1-19(2)12-4-6-15-5-3-7-16(18-15)13-8-10-14(17)11-9-13/h3,5,7-11H,4,6,12H2,1-2H3. The first-order chi connectivity index (χ1) is 9.15. The fourth-order valence-corrected chi connectivity index (χ4v) is 2.10. The van der Waals surface area contributed by atoms with E-state index in [0.29, 0.717) is 0 Å². The number of aromatic nitrogens is 1. The van der Waals surface area contributed by atoms with Gasteiger partial charge in [-0.1, -0.05) is 29.8 Å². The predicted octanol–water partition coefficient (Wildman–Crippen LogP) is 3.90. The Morgan fingerprint density at radius 3 is 2.47 bits per heavy atom. The van der Waals surface area contributed by atoms with Crippen molar-refractivity contribution in [3.8, 4) is 11.3 Å². The van der Waals surface area contributed by atoms with Crippen LogP contribution in [-0.4, -0.2) is 30.5 Å². The molecule has 0 saturated heterocycles. The van der Waals surface area contributed by atoms with Crippen molar-refractivity contribution in [2.75, 3.05) is 20.6 Å². The Balaban J connectivity index is 2.08. The molecule has 0 spiro atoms. The number of rotatable bonds is 5. The second kappa shape index (κ2) is 6.69. The molecule has 1 aromatic heterocycles. The van der Waals surface area contributed by atoms with Crippen LogP contribution >= 0.6 is 11.6 Å². The zero-order valence-electron chi connectivity index (χ0n) is 11.4. The van der Waals surface area contributed by atoms with Crippen molar-refractivity contribution in [3.05, 3.63) is 53.2 Å². The SMILES string of the molecule is CN(C)CCCc1cccc(-c2ccc(Cl)cc2)n1. The molecule has 0 fully saturated rings. The molecule has 0 aliphatic carbocycles. The highest BCUT2D eigenvalue weighted by Gasteiger charge is 2.01. The summed E-state index contributed by atoms with van der Waals surface area (Å²) in [5.41, 5.74) is 3.27. The molecule has 19 heavy (non-hydrogen) atoms. The summed E-state index contributed by atoms with van der Waals surface area (Å²) in [6, 6.07) is 14.0. The average molecular weight is 275 g/mol. The number of halogens is 1. The fraction of sp³-hybridized carbons (Fsp3) is 0.312. The van der Waals surface area contributed by atoms with E-state index in [2.05, 4.69) is 31.1 Å². The van der Waals surface area contributed by atoms with E-state index in [9.17, 15) is 0 Å². The van der Waals surface area contributed by atoms with Gasteiger partial charge in [-0.3, -0.25) is 4.98 Å². The van der Waals surface area contributed by atoms with Crippen molar-refractivity contribution in [2.24, 2.45) is 0 Å². The summed E-state index contributed by atoms with van der Waals surface area (Å²) in [7, 11) is 4.19. The monoisotopic (exact) mass is 274 g/mol. The molecule has 2 nitrogen and oxygen atoms in total. The number of hydrogen-bond donors (Lipinski definition) is 0. The first-order valence-corrected chi connectivity index (χ1v) is 6.89. The molecule has 0 amide bonds. The zero-order chi connectivity index (χ0) is 13.7. The molecule has 0 N–H and O–H groups in total. The van der Waals surface area contributed by atoms with E-state index < -0.39 is 0 Å². The number of aryl methyl sites for hydroxylation is 1. The summed E-state index contributed by atoms with van der Waals surface area (Å²) < 4.78 is 0. The van der Waals surface area contributed by atoms with Crippen molar-refractivity contribution < 1.29 is 0 Å². The molecule has 0 aliphatic rings. The van der Waals surface area contributed by atoms with Crippen LogP contribution in [0, 0.1) is 0 Å². The Morgan fingerprint density at radius 1 is 1.05 bits per heavy atom. The normalized spacial score (nSPS) is 10.9. The van der Waals surface area contributed by atoms with Crippen LogP contribution in [0.5, 0.6) is 0 Å². The molecule has 2 aromatic rings. The summed E-state index contributed by atoms with van der Waals surface area (Å²) in [6.45, 7) is 1.09. The Labute approximate surface area is 120 Å². The van der Waals surface area contributed by atoms with E-state index in [1.807, 2.05) is 30.3 Å². The van der Waals surface area contributed by atoms with Crippen molar-refractivity contribution in [2.45, 2.75) is 12.8 Å². The third-order valence-electron chi connectivity index (χ3n) is 2.98. The Kier molecular flexibility index (Phi) is 4.94. The van der Waals surface area contributed by atoms with Gasteiger partial charge < -0.3 is 4.90 Å². The molecular formula is C16H19ClN2. The summed E-state index contributed by atoms with van der Waals surface area (Å²) >= 11 is 5.90. The van der Waals surface area contributed by atoms with E-state index in [1.165, 1.54) is 0 Å². The Hall–Kier alpha value is -1.38. The summed E-state index contributed by atoms with van der Waals surface area (Å²) in [5, 5.41) is 0.755. The van der Waals surface area contributed by atoms with Crippen molar-refractivity contribution >= 4 is 11.6 Å². The molecule has 1 heterocycles. The third-order valence-corrected chi connectivity index (χ3v) is 3.24. The molecule has 2 rings (SSSR count). The van der Waals surface area contributed by atoms with E-state index in [-0.39, 0.29) is 0 Å². The van der Waals surface area contributed by atoms with Crippen molar-refractivity contribution in [1.29, 1.82) is 0 Å². The van der Waals surface area contributed by atoms with E-state index >= 15 is 0 Å². The molecule has 100 valence electrons. The van der Waals surface area contributed by atoms with E-state index in [4.69, 9.17) is 16.6 Å². The van der Waals surface area contributed by atoms with Crippen molar-refractivity contribution in [1.82, 2.24) is 9.88 Å². The fourth-order valence-electron chi connectivity index (χ4n) is 1.98. The van der Waals surface area contributed by atoms with Gasteiger partial charge in [0, 0.05) is 16.3 Å². The van der Waals surface area contributed by atoms with Gasteiger partial charge in [0.1, 0.15) is 0 Å². The second-order valence-electron chi connectivity index (χ2n) is 4.93. The molecule has 0 atom stereocenters. The molecule has 1 aromatic carbocycles. The van der Waals surface area contributed by atoms with Crippen LogP contribution < -0.4 is 0 Å². The second-order valence-corrected chi connectivity index (χ2v) is 5.36. The van der Waals surface area contributed by atoms with Crippen LogP contribution in [0.2, 0.25) is 5.02 Å². The van der Waals surface area contributed by atoms with Gasteiger partial charge >= 0.3 is 0 Å². The maximum Gasteiger partial charge on any atom is 0.0705 e. The number of pyridine rings is 1. The van der Waals surface area contributed by atoms with Crippen molar-refractivity contribution in [3.63, 3.8) is 0 Å². The molecule has 0 unspecified atom stereocenters. The van der Waals surface area contributed by atoms with Gasteiger partial charge in [0.2, 0.25) is 0 Å². The van der Waals surface area contributed by atoms with Gasteiger partial charge in [0.15, 0.2) is 0 Å². The minimum absolute atomic E-state index is 0.755. The highest BCUT2D eigenvalue weighted by Crippen LogP contribution is 2.20. The molecule has 0 radical (unpaired) electrons. The van der Waals surface area contributed by atoms with Crippen LogP contribution in [0.4, 0.5) is 0 Å². The van der Waals surface area contributed by atoms with Gasteiger partial charge in [0.05, 0.1) is 5.69 Å². The molecule has 3 heteroatoms. The van der Waals surface area contributed by atoms with Gasteiger partial charge in [-0.05, 0) is 57.7 Å². The van der Waals surface area contributed by atoms with Crippen LogP contribution in [0.3, 0.4) is 0 Å². The Bertz CT molecular complexity index is 521. The quantitative estimate of drug-likeness (QED) is 0.822. The molecule has 0 bridgehead atoms. The maximum atomic E-state index is 5.90. The molecule has 0 aliphatic heterocycles. The summed E-state index contributed by atoms with van der Waals surface area (Å²) in [5.74, 6) is 0. The van der Waals surface area contributed by atoms with Crippen LogP contribution in [-0.2, 0) is 6.42 Å². The zero-order valence-corrected chi connectivity index (χ0v) is 12.2. The highest BCUT2D eigenvalue weighted by molar-refractivity contribution is 6.30. The smallest absolute Gasteiger partial charge is 0.0705 e. The third kappa shape index (κ3) is 4.34. The summed E-state index contributed by atoms with van der Waals surface area (Å²) in [6.07, 6.45) is 2.14. The lowest BCUT2D eigenvalue weighted by Gasteiger charge is -2.09. The number of benzene rings is 1. The molecule has 0 saturated carbocycles. The van der Waals surface area contributed by atoms with Crippen LogP contribution in [0.15, 0.2) is 42.5 Å². The van der Waals surface area contributed by atoms with Gasteiger partial charge in [0.25, 0.3) is 0 Å². The van der Waals surface area contributed by atoms with Crippen LogP contribution in [0.25, 0.3) is 11.3 Å². The minimum atomic E-state index is 0.755. The van der Waals surface area contributed by atoms with Gasteiger partial charge in [-0.25, -0.2) is 0 Å². The van der Waals surface area contributed by atoms with E-state index in [1.54, 1.807) is 0 Å². The average Bonchev–Trinajstić information content (AvgIpc) is 2.39. The minimum Gasteiger partial charge on any atom is -0.309 e. The number of hydrogen-bond acceptors (Lipinski definition) is 2. The molecular weight excluding hydrogens is 256 g/mol. The highest BCUT2D eigenvalue weighted by atomic mass is 35.5. The largest absolute Gasteiger partial charge is 0.309 e. The summed E-state index contributed by atoms with van der Waals surface area (Å²) in [4.78, 5) is 6.91. The topological polar surface area (TPSA) is 16.1 Å².